The molecule has 4 heteroatoms. The maximum absolute atomic E-state index is 6.11. The van der Waals surface area contributed by atoms with Crippen molar-refractivity contribution in [1.82, 2.24) is 4.90 Å². The van der Waals surface area contributed by atoms with Crippen LogP contribution in [0.5, 0.6) is 11.5 Å². The van der Waals surface area contributed by atoms with Crippen LogP contribution in [0.3, 0.4) is 0 Å². The highest BCUT2D eigenvalue weighted by molar-refractivity contribution is 5.45. The summed E-state index contributed by atoms with van der Waals surface area (Å²) in [5.74, 6) is 1.61. The van der Waals surface area contributed by atoms with Crippen molar-refractivity contribution in [2.45, 2.75) is 12.5 Å². The first kappa shape index (κ1) is 11.2. The highest BCUT2D eigenvalue weighted by atomic mass is 16.7. The summed E-state index contributed by atoms with van der Waals surface area (Å²) in [6.07, 6.45) is 0.937. The van der Waals surface area contributed by atoms with Gasteiger partial charge >= 0.3 is 0 Å². The van der Waals surface area contributed by atoms with Crippen molar-refractivity contribution < 1.29 is 9.47 Å². The van der Waals surface area contributed by atoms with Crippen molar-refractivity contribution in [2.75, 3.05) is 27.4 Å². The van der Waals surface area contributed by atoms with E-state index in [1.165, 1.54) is 0 Å². The third-order valence-electron chi connectivity index (χ3n) is 2.71. The Morgan fingerprint density at radius 2 is 2.06 bits per heavy atom. The molecular weight excluding hydrogens is 204 g/mol. The van der Waals surface area contributed by atoms with Gasteiger partial charge in [-0.15, -0.1) is 0 Å². The Balaban J connectivity index is 2.03. The Morgan fingerprint density at radius 1 is 1.31 bits per heavy atom. The van der Waals surface area contributed by atoms with Crippen molar-refractivity contribution >= 4 is 0 Å². The van der Waals surface area contributed by atoms with Gasteiger partial charge in [0.25, 0.3) is 0 Å². The second-order valence-electron chi connectivity index (χ2n) is 4.31. The van der Waals surface area contributed by atoms with E-state index in [2.05, 4.69) is 4.90 Å². The van der Waals surface area contributed by atoms with Crippen molar-refractivity contribution in [3.63, 3.8) is 0 Å². The predicted molar refractivity (Wildman–Crippen MR) is 62.7 cm³/mol. The number of fused-ring (bicyclic) bond motifs is 1. The standard InChI is InChI=1S/C12H18N2O2/c1-14(2)6-5-10(13)9-3-4-11-12(7-9)16-8-15-11/h3-4,7,10H,5-6,8,13H2,1-2H3. The summed E-state index contributed by atoms with van der Waals surface area (Å²) in [6, 6.07) is 5.96. The monoisotopic (exact) mass is 222 g/mol. The molecule has 16 heavy (non-hydrogen) atoms. The third kappa shape index (κ3) is 2.46. The summed E-state index contributed by atoms with van der Waals surface area (Å²) in [5, 5.41) is 0. The minimum Gasteiger partial charge on any atom is -0.454 e. The minimum absolute atomic E-state index is 0.0527. The van der Waals surface area contributed by atoms with Crippen LogP contribution in [0.25, 0.3) is 0 Å². The first-order valence-corrected chi connectivity index (χ1v) is 5.46. The Kier molecular flexibility index (Phi) is 3.31. The van der Waals surface area contributed by atoms with E-state index in [0.717, 1.165) is 30.0 Å². The van der Waals surface area contributed by atoms with Gasteiger partial charge in [-0.2, -0.15) is 0 Å². The Labute approximate surface area is 95.9 Å². The van der Waals surface area contributed by atoms with Gasteiger partial charge in [0.05, 0.1) is 0 Å². The van der Waals surface area contributed by atoms with Gasteiger partial charge in [0.15, 0.2) is 11.5 Å². The predicted octanol–water partition coefficient (Wildman–Crippen LogP) is 1.37. The second kappa shape index (κ2) is 4.72. The van der Waals surface area contributed by atoms with Crippen LogP contribution in [0.4, 0.5) is 0 Å². The van der Waals surface area contributed by atoms with Crippen LogP contribution in [0, 0.1) is 0 Å². The van der Waals surface area contributed by atoms with E-state index >= 15 is 0 Å². The molecule has 4 nitrogen and oxygen atoms in total. The maximum Gasteiger partial charge on any atom is 0.231 e. The molecule has 1 aromatic rings. The largest absolute Gasteiger partial charge is 0.454 e. The number of benzene rings is 1. The molecule has 2 N–H and O–H groups in total. The third-order valence-corrected chi connectivity index (χ3v) is 2.71. The van der Waals surface area contributed by atoms with Gasteiger partial charge in [0.1, 0.15) is 0 Å². The quantitative estimate of drug-likeness (QED) is 0.835. The molecule has 0 radical (unpaired) electrons. The molecule has 1 atom stereocenters. The van der Waals surface area contributed by atoms with E-state index in [1.807, 2.05) is 32.3 Å². The molecule has 0 fully saturated rings. The van der Waals surface area contributed by atoms with Crippen LogP contribution in [-0.2, 0) is 0 Å². The molecule has 1 aliphatic rings. The molecule has 0 aliphatic carbocycles. The number of nitrogens with zero attached hydrogens (tertiary/aromatic N) is 1. The minimum atomic E-state index is 0.0527. The Hall–Kier alpha value is -1.26. The number of rotatable bonds is 4. The molecule has 0 saturated carbocycles. The molecule has 1 heterocycles. The van der Waals surface area contributed by atoms with Crippen molar-refractivity contribution in [2.24, 2.45) is 5.73 Å². The average molecular weight is 222 g/mol. The lowest BCUT2D eigenvalue weighted by Crippen LogP contribution is -2.20. The molecule has 1 aliphatic heterocycles. The molecule has 0 bridgehead atoms. The zero-order valence-electron chi connectivity index (χ0n) is 9.77. The van der Waals surface area contributed by atoms with E-state index in [9.17, 15) is 0 Å². The van der Waals surface area contributed by atoms with Gasteiger partial charge in [-0.25, -0.2) is 0 Å². The maximum atomic E-state index is 6.11. The van der Waals surface area contributed by atoms with E-state index < -0.39 is 0 Å². The van der Waals surface area contributed by atoms with Gasteiger partial charge in [-0.05, 0) is 44.8 Å². The number of nitrogens with two attached hydrogens (primary N) is 1. The van der Waals surface area contributed by atoms with E-state index in [4.69, 9.17) is 15.2 Å². The molecule has 1 unspecified atom stereocenters. The number of ether oxygens (including phenoxy) is 2. The highest BCUT2D eigenvalue weighted by Crippen LogP contribution is 2.34. The van der Waals surface area contributed by atoms with Gasteiger partial charge in [0.2, 0.25) is 6.79 Å². The van der Waals surface area contributed by atoms with Crippen LogP contribution in [0.2, 0.25) is 0 Å². The van der Waals surface area contributed by atoms with Gasteiger partial charge in [-0.3, -0.25) is 0 Å². The van der Waals surface area contributed by atoms with Crippen LogP contribution < -0.4 is 15.2 Å². The fourth-order valence-electron chi connectivity index (χ4n) is 1.71. The van der Waals surface area contributed by atoms with Gasteiger partial charge in [-0.1, -0.05) is 6.07 Å². The lowest BCUT2D eigenvalue weighted by atomic mass is 10.0. The summed E-state index contributed by atoms with van der Waals surface area (Å²) in [6.45, 7) is 1.29. The zero-order chi connectivity index (χ0) is 11.5. The lowest BCUT2D eigenvalue weighted by molar-refractivity contribution is 0.174. The average Bonchev–Trinajstić information content (AvgIpc) is 2.72. The Morgan fingerprint density at radius 3 is 2.81 bits per heavy atom. The van der Waals surface area contributed by atoms with Crippen molar-refractivity contribution in [3.05, 3.63) is 23.8 Å². The van der Waals surface area contributed by atoms with Gasteiger partial charge < -0.3 is 20.1 Å². The van der Waals surface area contributed by atoms with E-state index in [-0.39, 0.29) is 6.04 Å². The highest BCUT2D eigenvalue weighted by Gasteiger charge is 2.15. The fraction of sp³-hybridized carbons (Fsp3) is 0.500. The first-order chi connectivity index (χ1) is 7.66. The summed E-state index contributed by atoms with van der Waals surface area (Å²) >= 11 is 0. The summed E-state index contributed by atoms with van der Waals surface area (Å²) in [4.78, 5) is 2.13. The molecule has 2 rings (SSSR count). The summed E-state index contributed by atoms with van der Waals surface area (Å²) < 4.78 is 10.6. The normalized spacial score (nSPS) is 15.5. The zero-order valence-corrected chi connectivity index (χ0v) is 9.77. The molecular formula is C12H18N2O2. The fourth-order valence-corrected chi connectivity index (χ4v) is 1.71. The smallest absolute Gasteiger partial charge is 0.231 e. The van der Waals surface area contributed by atoms with Crippen molar-refractivity contribution in [1.29, 1.82) is 0 Å². The molecule has 88 valence electrons. The molecule has 0 spiro atoms. The van der Waals surface area contributed by atoms with Gasteiger partial charge in [0, 0.05) is 6.04 Å². The van der Waals surface area contributed by atoms with Crippen LogP contribution in [0.15, 0.2) is 18.2 Å². The molecule has 1 aromatic carbocycles. The SMILES string of the molecule is CN(C)CCC(N)c1ccc2c(c1)OCO2. The summed E-state index contributed by atoms with van der Waals surface area (Å²) in [7, 11) is 4.10. The van der Waals surface area contributed by atoms with Crippen LogP contribution in [-0.4, -0.2) is 32.3 Å². The van der Waals surface area contributed by atoms with Crippen LogP contribution >= 0.6 is 0 Å². The first-order valence-electron chi connectivity index (χ1n) is 5.46. The lowest BCUT2D eigenvalue weighted by Gasteiger charge is -2.15. The number of hydrogen-bond acceptors (Lipinski definition) is 4. The Bertz CT molecular complexity index is 366. The molecule has 0 aromatic heterocycles. The summed E-state index contributed by atoms with van der Waals surface area (Å²) in [5.41, 5.74) is 7.22. The van der Waals surface area contributed by atoms with E-state index in [0.29, 0.717) is 6.79 Å². The second-order valence-corrected chi connectivity index (χ2v) is 4.31. The number of hydrogen-bond donors (Lipinski definition) is 1. The molecule has 0 saturated heterocycles. The molecule has 0 amide bonds. The topological polar surface area (TPSA) is 47.7 Å². The van der Waals surface area contributed by atoms with Crippen molar-refractivity contribution in [3.8, 4) is 11.5 Å². The van der Waals surface area contributed by atoms with E-state index in [1.54, 1.807) is 0 Å². The van der Waals surface area contributed by atoms with Crippen LogP contribution in [0.1, 0.15) is 18.0 Å².